The Morgan fingerprint density at radius 1 is 1.14 bits per heavy atom. The minimum Gasteiger partial charge on any atom is -0.380 e. The number of rotatable bonds is 11. The third kappa shape index (κ3) is 5.44. The van der Waals surface area contributed by atoms with Gasteiger partial charge in [0.1, 0.15) is 0 Å². The molecule has 0 radical (unpaired) electrons. The summed E-state index contributed by atoms with van der Waals surface area (Å²) in [5.74, 6) is 0. The number of nitrogens with zero attached hydrogens (tertiary/aromatic N) is 2. The standard InChI is InChI=1S/C17H33N3O/c1-5-9-11-21-12-10-20-17(8-4)15(13-14(18)6-2)16(7-3)19-20/h14H,5-13,18H2,1-4H3. The first-order valence-corrected chi connectivity index (χ1v) is 8.58. The molecule has 0 saturated carbocycles. The maximum absolute atomic E-state index is 6.15. The third-order valence-corrected chi connectivity index (χ3v) is 4.00. The maximum Gasteiger partial charge on any atom is 0.0662 e. The van der Waals surface area contributed by atoms with Crippen molar-refractivity contribution in [3.05, 3.63) is 17.0 Å². The van der Waals surface area contributed by atoms with E-state index in [9.17, 15) is 0 Å². The molecule has 0 fully saturated rings. The topological polar surface area (TPSA) is 53.1 Å². The number of aryl methyl sites for hydroxylation is 1. The van der Waals surface area contributed by atoms with Crippen molar-refractivity contribution >= 4 is 0 Å². The fourth-order valence-electron chi connectivity index (χ4n) is 2.60. The van der Waals surface area contributed by atoms with E-state index in [-0.39, 0.29) is 6.04 Å². The molecule has 122 valence electrons. The third-order valence-electron chi connectivity index (χ3n) is 4.00. The first-order valence-electron chi connectivity index (χ1n) is 8.58. The van der Waals surface area contributed by atoms with Gasteiger partial charge in [0, 0.05) is 18.3 Å². The molecule has 0 bridgehead atoms. The summed E-state index contributed by atoms with van der Waals surface area (Å²) < 4.78 is 7.82. The second-order valence-corrected chi connectivity index (χ2v) is 5.64. The molecule has 0 aliphatic carbocycles. The van der Waals surface area contributed by atoms with Crippen LogP contribution in [-0.2, 0) is 30.5 Å². The highest BCUT2D eigenvalue weighted by molar-refractivity contribution is 5.28. The molecule has 4 heteroatoms. The number of ether oxygens (including phenoxy) is 1. The lowest BCUT2D eigenvalue weighted by atomic mass is 10.00. The highest BCUT2D eigenvalue weighted by Gasteiger charge is 2.17. The quantitative estimate of drug-likeness (QED) is 0.638. The maximum atomic E-state index is 6.15. The van der Waals surface area contributed by atoms with Gasteiger partial charge in [-0.25, -0.2) is 0 Å². The molecule has 0 aliphatic heterocycles. The normalized spacial score (nSPS) is 12.8. The van der Waals surface area contributed by atoms with Gasteiger partial charge in [-0.3, -0.25) is 4.68 Å². The van der Waals surface area contributed by atoms with Crippen LogP contribution in [0.2, 0.25) is 0 Å². The van der Waals surface area contributed by atoms with E-state index < -0.39 is 0 Å². The Kier molecular flexibility index (Phi) is 8.62. The Morgan fingerprint density at radius 3 is 2.48 bits per heavy atom. The predicted octanol–water partition coefficient (Wildman–Crippen LogP) is 3.10. The van der Waals surface area contributed by atoms with Crippen molar-refractivity contribution in [1.29, 1.82) is 0 Å². The van der Waals surface area contributed by atoms with Crippen LogP contribution < -0.4 is 5.73 Å². The van der Waals surface area contributed by atoms with E-state index in [4.69, 9.17) is 15.6 Å². The largest absolute Gasteiger partial charge is 0.380 e. The zero-order chi connectivity index (χ0) is 15.7. The summed E-state index contributed by atoms with van der Waals surface area (Å²) in [5, 5.41) is 4.79. The Labute approximate surface area is 130 Å². The van der Waals surface area contributed by atoms with Gasteiger partial charge in [-0.2, -0.15) is 5.10 Å². The second kappa shape index (κ2) is 9.96. The Bertz CT molecular complexity index is 401. The Hall–Kier alpha value is -0.870. The molecule has 2 N–H and O–H groups in total. The SMILES string of the molecule is CCCCOCCn1nc(CC)c(CC(N)CC)c1CC. The summed E-state index contributed by atoms with van der Waals surface area (Å²) in [7, 11) is 0. The average Bonchev–Trinajstić information content (AvgIpc) is 2.83. The molecule has 1 rings (SSSR count). The van der Waals surface area contributed by atoms with Gasteiger partial charge in [0.2, 0.25) is 0 Å². The van der Waals surface area contributed by atoms with Gasteiger partial charge in [0.05, 0.1) is 18.8 Å². The van der Waals surface area contributed by atoms with Gasteiger partial charge in [0.15, 0.2) is 0 Å². The van der Waals surface area contributed by atoms with E-state index in [0.29, 0.717) is 0 Å². The number of aromatic nitrogens is 2. The summed E-state index contributed by atoms with van der Waals surface area (Å²) in [6.45, 7) is 11.2. The second-order valence-electron chi connectivity index (χ2n) is 5.64. The van der Waals surface area contributed by atoms with Crippen LogP contribution >= 0.6 is 0 Å². The number of hydrogen-bond donors (Lipinski definition) is 1. The molecule has 1 unspecified atom stereocenters. The summed E-state index contributed by atoms with van der Waals surface area (Å²) in [6.07, 6.45) is 6.25. The van der Waals surface area contributed by atoms with E-state index in [2.05, 4.69) is 32.4 Å². The molecule has 21 heavy (non-hydrogen) atoms. The minimum atomic E-state index is 0.235. The Morgan fingerprint density at radius 2 is 1.90 bits per heavy atom. The summed E-state index contributed by atoms with van der Waals surface area (Å²) in [5.41, 5.74) is 10.1. The highest BCUT2D eigenvalue weighted by Crippen LogP contribution is 2.18. The van der Waals surface area contributed by atoms with Gasteiger partial charge >= 0.3 is 0 Å². The van der Waals surface area contributed by atoms with E-state index >= 15 is 0 Å². The zero-order valence-corrected chi connectivity index (χ0v) is 14.3. The molecule has 0 amide bonds. The molecule has 0 saturated heterocycles. The monoisotopic (exact) mass is 295 g/mol. The van der Waals surface area contributed by atoms with Crippen molar-refractivity contribution in [3.8, 4) is 0 Å². The smallest absolute Gasteiger partial charge is 0.0662 e. The summed E-state index contributed by atoms with van der Waals surface area (Å²) in [4.78, 5) is 0. The van der Waals surface area contributed by atoms with Crippen molar-refractivity contribution in [2.75, 3.05) is 13.2 Å². The lowest BCUT2D eigenvalue weighted by molar-refractivity contribution is 0.120. The van der Waals surface area contributed by atoms with Crippen LogP contribution in [0.1, 0.15) is 63.9 Å². The van der Waals surface area contributed by atoms with Crippen LogP contribution in [0, 0.1) is 0 Å². The van der Waals surface area contributed by atoms with Gasteiger partial charge in [0.25, 0.3) is 0 Å². The molecule has 1 heterocycles. The van der Waals surface area contributed by atoms with E-state index in [0.717, 1.165) is 51.9 Å². The Balaban J connectivity index is 2.74. The first kappa shape index (κ1) is 18.2. The van der Waals surface area contributed by atoms with E-state index in [1.54, 1.807) is 0 Å². The van der Waals surface area contributed by atoms with Crippen LogP contribution in [0.4, 0.5) is 0 Å². The molecule has 4 nitrogen and oxygen atoms in total. The highest BCUT2D eigenvalue weighted by atomic mass is 16.5. The van der Waals surface area contributed by atoms with Gasteiger partial charge in [-0.05, 0) is 37.7 Å². The fourth-order valence-corrected chi connectivity index (χ4v) is 2.60. The van der Waals surface area contributed by atoms with Crippen molar-refractivity contribution in [2.45, 2.75) is 78.8 Å². The van der Waals surface area contributed by atoms with E-state index in [1.165, 1.54) is 23.4 Å². The predicted molar refractivity (Wildman–Crippen MR) is 88.7 cm³/mol. The summed E-state index contributed by atoms with van der Waals surface area (Å²) >= 11 is 0. The number of nitrogens with two attached hydrogens (primary N) is 1. The zero-order valence-electron chi connectivity index (χ0n) is 14.3. The van der Waals surface area contributed by atoms with Crippen LogP contribution in [0.15, 0.2) is 0 Å². The van der Waals surface area contributed by atoms with Crippen molar-refractivity contribution in [3.63, 3.8) is 0 Å². The van der Waals surface area contributed by atoms with Crippen LogP contribution in [0.25, 0.3) is 0 Å². The molecule has 0 spiro atoms. The molecular weight excluding hydrogens is 262 g/mol. The van der Waals surface area contributed by atoms with E-state index in [1.807, 2.05) is 0 Å². The molecule has 1 atom stereocenters. The van der Waals surface area contributed by atoms with Crippen molar-refractivity contribution < 1.29 is 4.74 Å². The lowest BCUT2D eigenvalue weighted by Gasteiger charge is -2.11. The molecule has 1 aromatic rings. The molecule has 0 aliphatic rings. The van der Waals surface area contributed by atoms with Crippen LogP contribution in [0.3, 0.4) is 0 Å². The fraction of sp³-hybridized carbons (Fsp3) is 0.824. The molecular formula is C17H33N3O. The minimum absolute atomic E-state index is 0.235. The van der Waals surface area contributed by atoms with Crippen LogP contribution in [0.5, 0.6) is 0 Å². The molecule has 1 aromatic heterocycles. The van der Waals surface area contributed by atoms with Gasteiger partial charge in [-0.1, -0.05) is 34.1 Å². The average molecular weight is 295 g/mol. The van der Waals surface area contributed by atoms with Gasteiger partial charge in [-0.15, -0.1) is 0 Å². The summed E-state index contributed by atoms with van der Waals surface area (Å²) in [6, 6.07) is 0.235. The first-order chi connectivity index (χ1) is 10.2. The molecule has 0 aromatic carbocycles. The van der Waals surface area contributed by atoms with Crippen molar-refractivity contribution in [1.82, 2.24) is 9.78 Å². The number of hydrogen-bond acceptors (Lipinski definition) is 3. The van der Waals surface area contributed by atoms with Gasteiger partial charge < -0.3 is 10.5 Å². The number of unbranched alkanes of at least 4 members (excludes halogenated alkanes) is 1. The lowest BCUT2D eigenvalue weighted by Crippen LogP contribution is -2.22. The van der Waals surface area contributed by atoms with Crippen molar-refractivity contribution in [2.24, 2.45) is 5.73 Å². The van der Waals surface area contributed by atoms with Crippen LogP contribution in [-0.4, -0.2) is 29.0 Å².